The first kappa shape index (κ1) is 21.3. The van der Waals surface area contributed by atoms with E-state index in [4.69, 9.17) is 4.99 Å². The Hall–Kier alpha value is -2.41. The maximum atomic E-state index is 13.1. The molecule has 158 valence electrons. The number of halogens is 1. The molecule has 6 nitrogen and oxygen atoms in total. The standard InChI is InChI=1S/C22H33FN6/c1-5-24-22(26-21-15-28(16(2)3)14-17(21)4)25-12-10-19-11-13-29(27-19)20-8-6-18(23)7-9-20/h6-9,11,13,16-17,21H,5,10,12,14-15H2,1-4H3,(H2,24,25,26). The normalized spacial score (nSPS) is 20.4. The van der Waals surface area contributed by atoms with Gasteiger partial charge in [0.25, 0.3) is 0 Å². The average Bonchev–Trinajstić information content (AvgIpc) is 3.30. The molecule has 1 aromatic carbocycles. The molecular formula is C22H33FN6. The van der Waals surface area contributed by atoms with E-state index in [9.17, 15) is 4.39 Å². The highest BCUT2D eigenvalue weighted by molar-refractivity contribution is 5.80. The third-order valence-corrected chi connectivity index (χ3v) is 5.41. The molecule has 2 aromatic rings. The van der Waals surface area contributed by atoms with Crippen molar-refractivity contribution in [3.8, 4) is 5.69 Å². The van der Waals surface area contributed by atoms with Crippen molar-refractivity contribution in [1.82, 2.24) is 25.3 Å². The molecule has 1 aliphatic heterocycles. The lowest BCUT2D eigenvalue weighted by atomic mass is 10.1. The maximum Gasteiger partial charge on any atom is 0.191 e. The van der Waals surface area contributed by atoms with E-state index >= 15 is 0 Å². The molecule has 3 rings (SSSR count). The van der Waals surface area contributed by atoms with Crippen molar-refractivity contribution in [2.75, 3.05) is 26.2 Å². The molecule has 2 N–H and O–H groups in total. The number of hydrogen-bond acceptors (Lipinski definition) is 3. The molecule has 2 atom stereocenters. The number of aromatic nitrogens is 2. The number of hydrogen-bond donors (Lipinski definition) is 2. The summed E-state index contributed by atoms with van der Waals surface area (Å²) in [7, 11) is 0. The molecule has 29 heavy (non-hydrogen) atoms. The fraction of sp³-hybridized carbons (Fsp3) is 0.545. The van der Waals surface area contributed by atoms with Crippen LogP contribution < -0.4 is 10.6 Å². The van der Waals surface area contributed by atoms with Crippen molar-refractivity contribution in [2.24, 2.45) is 10.9 Å². The van der Waals surface area contributed by atoms with E-state index in [1.54, 1.807) is 16.8 Å². The Balaban J connectivity index is 1.56. The monoisotopic (exact) mass is 400 g/mol. The topological polar surface area (TPSA) is 57.5 Å². The lowest BCUT2D eigenvalue weighted by Gasteiger charge is -2.21. The van der Waals surface area contributed by atoms with Crippen LogP contribution in [0, 0.1) is 11.7 Å². The van der Waals surface area contributed by atoms with Gasteiger partial charge in [-0.05, 0) is 57.0 Å². The summed E-state index contributed by atoms with van der Waals surface area (Å²) in [6.07, 6.45) is 2.65. The minimum atomic E-state index is -0.244. The van der Waals surface area contributed by atoms with Crippen LogP contribution in [0.25, 0.3) is 5.69 Å². The van der Waals surface area contributed by atoms with Gasteiger partial charge in [-0.25, -0.2) is 9.07 Å². The lowest BCUT2D eigenvalue weighted by molar-refractivity contribution is 0.265. The van der Waals surface area contributed by atoms with E-state index in [-0.39, 0.29) is 5.82 Å². The van der Waals surface area contributed by atoms with E-state index in [0.29, 0.717) is 24.5 Å². The highest BCUT2D eigenvalue weighted by atomic mass is 19.1. The Morgan fingerprint density at radius 2 is 2.00 bits per heavy atom. The second kappa shape index (κ2) is 9.87. The van der Waals surface area contributed by atoms with Crippen LogP contribution in [0.2, 0.25) is 0 Å². The molecule has 7 heteroatoms. The molecule has 0 amide bonds. The summed E-state index contributed by atoms with van der Waals surface area (Å²) in [4.78, 5) is 7.26. The smallest absolute Gasteiger partial charge is 0.191 e. The highest BCUT2D eigenvalue weighted by Crippen LogP contribution is 2.18. The molecule has 0 saturated carbocycles. The van der Waals surface area contributed by atoms with Gasteiger partial charge >= 0.3 is 0 Å². The van der Waals surface area contributed by atoms with Crippen molar-refractivity contribution in [3.05, 3.63) is 48.0 Å². The molecule has 0 bridgehead atoms. The maximum absolute atomic E-state index is 13.1. The molecule has 1 fully saturated rings. The summed E-state index contributed by atoms with van der Waals surface area (Å²) < 4.78 is 14.9. The zero-order valence-electron chi connectivity index (χ0n) is 17.9. The van der Waals surface area contributed by atoms with Gasteiger partial charge in [0.1, 0.15) is 5.82 Å². The number of aliphatic imine (C=N–C) groups is 1. The SMILES string of the molecule is CCNC(=NCCc1ccn(-c2ccc(F)cc2)n1)NC1CN(C(C)C)CC1C. The number of guanidine groups is 1. The fourth-order valence-corrected chi connectivity index (χ4v) is 3.62. The Morgan fingerprint density at radius 3 is 2.66 bits per heavy atom. The number of nitrogens with one attached hydrogen (secondary N) is 2. The zero-order chi connectivity index (χ0) is 20.8. The van der Waals surface area contributed by atoms with Crippen LogP contribution in [0.5, 0.6) is 0 Å². The number of rotatable bonds is 7. The summed E-state index contributed by atoms with van der Waals surface area (Å²) >= 11 is 0. The molecule has 2 unspecified atom stereocenters. The lowest BCUT2D eigenvalue weighted by Crippen LogP contribution is -2.47. The van der Waals surface area contributed by atoms with Crippen molar-refractivity contribution in [2.45, 2.75) is 46.2 Å². The third kappa shape index (κ3) is 5.79. The van der Waals surface area contributed by atoms with Crippen LogP contribution in [0.3, 0.4) is 0 Å². The van der Waals surface area contributed by atoms with Crippen LogP contribution in [0.15, 0.2) is 41.5 Å². The van der Waals surface area contributed by atoms with E-state index in [1.165, 1.54) is 12.1 Å². The first-order valence-electron chi connectivity index (χ1n) is 10.6. The predicted octanol–water partition coefficient (Wildman–Crippen LogP) is 2.84. The highest BCUT2D eigenvalue weighted by Gasteiger charge is 2.31. The Bertz CT molecular complexity index is 798. The van der Waals surface area contributed by atoms with Crippen LogP contribution in [-0.4, -0.2) is 58.9 Å². The van der Waals surface area contributed by atoms with Crippen LogP contribution >= 0.6 is 0 Å². The van der Waals surface area contributed by atoms with Gasteiger partial charge in [0, 0.05) is 50.9 Å². The van der Waals surface area contributed by atoms with Crippen molar-refractivity contribution in [1.29, 1.82) is 0 Å². The number of nitrogens with zero attached hydrogens (tertiary/aromatic N) is 4. The zero-order valence-corrected chi connectivity index (χ0v) is 17.9. The Labute approximate surface area is 173 Å². The molecule has 1 saturated heterocycles. The minimum Gasteiger partial charge on any atom is -0.357 e. The summed E-state index contributed by atoms with van der Waals surface area (Å²) in [5.41, 5.74) is 1.82. The molecule has 0 spiro atoms. The van der Waals surface area contributed by atoms with Gasteiger partial charge < -0.3 is 10.6 Å². The van der Waals surface area contributed by atoms with Gasteiger partial charge in [0.15, 0.2) is 5.96 Å². The Morgan fingerprint density at radius 1 is 1.24 bits per heavy atom. The van der Waals surface area contributed by atoms with Gasteiger partial charge in [-0.3, -0.25) is 9.89 Å². The van der Waals surface area contributed by atoms with E-state index in [2.05, 4.69) is 48.3 Å². The molecule has 2 heterocycles. The third-order valence-electron chi connectivity index (χ3n) is 5.41. The van der Waals surface area contributed by atoms with Gasteiger partial charge in [-0.1, -0.05) is 6.92 Å². The van der Waals surface area contributed by atoms with E-state index in [0.717, 1.165) is 43.4 Å². The number of benzene rings is 1. The van der Waals surface area contributed by atoms with Gasteiger partial charge in [-0.15, -0.1) is 0 Å². The molecule has 1 aliphatic rings. The van der Waals surface area contributed by atoms with Crippen LogP contribution in [-0.2, 0) is 6.42 Å². The van der Waals surface area contributed by atoms with Gasteiger partial charge in [0.05, 0.1) is 11.4 Å². The van der Waals surface area contributed by atoms with Crippen molar-refractivity contribution >= 4 is 5.96 Å². The number of likely N-dealkylation sites (tertiary alicyclic amines) is 1. The summed E-state index contributed by atoms with van der Waals surface area (Å²) in [6.45, 7) is 12.5. The summed E-state index contributed by atoms with van der Waals surface area (Å²) in [5, 5.41) is 11.5. The second-order valence-corrected chi connectivity index (χ2v) is 8.01. The largest absolute Gasteiger partial charge is 0.357 e. The average molecular weight is 401 g/mol. The van der Waals surface area contributed by atoms with Crippen LogP contribution in [0.4, 0.5) is 4.39 Å². The quantitative estimate of drug-likeness (QED) is 0.554. The second-order valence-electron chi connectivity index (χ2n) is 8.01. The van der Waals surface area contributed by atoms with Crippen molar-refractivity contribution in [3.63, 3.8) is 0 Å². The fourth-order valence-electron chi connectivity index (χ4n) is 3.62. The van der Waals surface area contributed by atoms with Crippen molar-refractivity contribution < 1.29 is 4.39 Å². The van der Waals surface area contributed by atoms with Gasteiger partial charge in [-0.2, -0.15) is 5.10 Å². The molecule has 0 radical (unpaired) electrons. The summed E-state index contributed by atoms with van der Waals surface area (Å²) in [5.74, 6) is 1.22. The first-order chi connectivity index (χ1) is 14.0. The molecule has 0 aliphatic carbocycles. The summed E-state index contributed by atoms with van der Waals surface area (Å²) in [6, 6.07) is 9.30. The first-order valence-corrected chi connectivity index (χ1v) is 10.6. The molecular weight excluding hydrogens is 367 g/mol. The van der Waals surface area contributed by atoms with Gasteiger partial charge in [0.2, 0.25) is 0 Å². The van der Waals surface area contributed by atoms with Crippen LogP contribution in [0.1, 0.15) is 33.4 Å². The molecule has 1 aromatic heterocycles. The minimum absolute atomic E-state index is 0.244. The Kier molecular flexibility index (Phi) is 7.25. The van der Waals surface area contributed by atoms with E-state index < -0.39 is 0 Å². The predicted molar refractivity (Wildman–Crippen MR) is 116 cm³/mol. The van der Waals surface area contributed by atoms with E-state index in [1.807, 2.05) is 12.3 Å².